The number of para-hydroxylation sites is 2. The first-order chi connectivity index (χ1) is 12.5. The molecule has 28 heavy (non-hydrogen) atoms. The van der Waals surface area contributed by atoms with Crippen LogP contribution in [0.2, 0.25) is 0 Å². The number of carbonyl (C=O) groups excluding carboxylic acids is 2. The maximum absolute atomic E-state index is 11.2. The van der Waals surface area contributed by atoms with E-state index in [1.807, 2.05) is 0 Å². The number of aromatic nitrogens is 2. The molecule has 1 aromatic heterocycles. The van der Waals surface area contributed by atoms with E-state index in [2.05, 4.69) is 20.6 Å². The maximum Gasteiger partial charge on any atom is 1.00 e. The molecule has 8 nitrogen and oxygen atoms in total. The van der Waals surface area contributed by atoms with Crippen molar-refractivity contribution < 1.29 is 57.5 Å². The van der Waals surface area contributed by atoms with Gasteiger partial charge >= 0.3 is 37.7 Å². The van der Waals surface area contributed by atoms with Gasteiger partial charge in [-0.15, -0.1) is 0 Å². The van der Waals surface area contributed by atoms with Crippen molar-refractivity contribution in [2.45, 2.75) is 0 Å². The largest absolute Gasteiger partial charge is 1.00 e. The quantitative estimate of drug-likeness (QED) is 0.416. The number of hydrogen-bond donors (Lipinski definition) is 2. The zero-order valence-corrected chi connectivity index (χ0v) is 15.3. The van der Waals surface area contributed by atoms with E-state index in [1.54, 1.807) is 42.5 Å². The van der Waals surface area contributed by atoms with Crippen LogP contribution < -0.4 is 58.6 Å². The van der Waals surface area contributed by atoms with Crippen LogP contribution in [0.25, 0.3) is 0 Å². The summed E-state index contributed by atoms with van der Waals surface area (Å²) in [6.45, 7) is 0. The van der Waals surface area contributed by atoms with Gasteiger partial charge in [0, 0.05) is 28.7 Å². The smallest absolute Gasteiger partial charge is 0.545 e. The van der Waals surface area contributed by atoms with Crippen molar-refractivity contribution in [3.05, 3.63) is 71.9 Å². The normalized spacial score (nSPS) is 9.43. The number of hydrogen-bond acceptors (Lipinski definition) is 8. The van der Waals surface area contributed by atoms with Gasteiger partial charge in [0.05, 0.1) is 11.9 Å². The number of nitrogens with one attached hydrogen (secondary N) is 2. The molecule has 0 aliphatic rings. The Labute approximate surface area is 184 Å². The third kappa shape index (κ3) is 5.62. The molecule has 0 atom stereocenters. The van der Waals surface area contributed by atoms with E-state index in [1.165, 1.54) is 18.3 Å². The van der Waals surface area contributed by atoms with Gasteiger partial charge in [-0.05, 0) is 18.2 Å². The molecule has 3 aromatic rings. The summed E-state index contributed by atoms with van der Waals surface area (Å²) < 4.78 is 0. The van der Waals surface area contributed by atoms with Crippen LogP contribution in [0.4, 0.5) is 23.1 Å². The molecule has 0 aliphatic heterocycles. The van der Waals surface area contributed by atoms with Crippen LogP contribution in [-0.4, -0.2) is 21.9 Å². The van der Waals surface area contributed by atoms with Crippen molar-refractivity contribution in [2.24, 2.45) is 0 Å². The molecular formula is C18H12Li2N4O4. The number of carbonyl (C=O) groups is 2. The Morgan fingerprint density at radius 1 is 0.750 bits per heavy atom. The van der Waals surface area contributed by atoms with Gasteiger partial charge < -0.3 is 30.4 Å². The number of nitrogens with zero attached hydrogens (tertiary/aromatic N) is 2. The zero-order valence-electron chi connectivity index (χ0n) is 15.3. The molecule has 0 aliphatic carbocycles. The summed E-state index contributed by atoms with van der Waals surface area (Å²) in [7, 11) is 0. The van der Waals surface area contributed by atoms with Crippen molar-refractivity contribution in [1.29, 1.82) is 0 Å². The summed E-state index contributed by atoms with van der Waals surface area (Å²) in [6, 6.07) is 14.0. The minimum atomic E-state index is -1.33. The third-order valence-corrected chi connectivity index (χ3v) is 3.46. The molecule has 0 amide bonds. The summed E-state index contributed by atoms with van der Waals surface area (Å²) >= 11 is 0. The molecule has 0 saturated carbocycles. The van der Waals surface area contributed by atoms with E-state index in [4.69, 9.17) is 0 Å². The molecule has 2 N–H and O–H groups in total. The fourth-order valence-corrected chi connectivity index (χ4v) is 2.29. The Morgan fingerprint density at radius 3 is 1.79 bits per heavy atom. The number of carboxylic acid groups (broad SMARTS) is 2. The predicted molar refractivity (Wildman–Crippen MR) is 90.1 cm³/mol. The molecule has 130 valence electrons. The second-order valence-corrected chi connectivity index (χ2v) is 5.18. The van der Waals surface area contributed by atoms with Gasteiger partial charge in [-0.1, -0.05) is 36.4 Å². The first kappa shape index (κ1) is 23.3. The van der Waals surface area contributed by atoms with Gasteiger partial charge in [0.25, 0.3) is 0 Å². The van der Waals surface area contributed by atoms with Crippen molar-refractivity contribution in [1.82, 2.24) is 9.97 Å². The molecule has 3 rings (SSSR count). The molecule has 0 saturated heterocycles. The minimum Gasteiger partial charge on any atom is -0.545 e. The van der Waals surface area contributed by atoms with E-state index >= 15 is 0 Å². The topological polar surface area (TPSA) is 130 Å². The van der Waals surface area contributed by atoms with Gasteiger partial charge in [-0.25, -0.2) is 4.98 Å². The van der Waals surface area contributed by atoms with E-state index in [9.17, 15) is 19.8 Å². The van der Waals surface area contributed by atoms with Crippen LogP contribution in [0.1, 0.15) is 20.7 Å². The number of rotatable bonds is 6. The van der Waals surface area contributed by atoms with Crippen LogP contribution in [0.5, 0.6) is 0 Å². The van der Waals surface area contributed by atoms with E-state index < -0.39 is 11.9 Å². The Hall–Kier alpha value is -2.75. The average Bonchev–Trinajstić information content (AvgIpc) is 2.62. The fourth-order valence-electron chi connectivity index (χ4n) is 2.29. The van der Waals surface area contributed by atoms with Crippen molar-refractivity contribution in [3.8, 4) is 0 Å². The number of benzene rings is 2. The average molecular weight is 362 g/mol. The van der Waals surface area contributed by atoms with Crippen LogP contribution in [-0.2, 0) is 0 Å². The van der Waals surface area contributed by atoms with Gasteiger partial charge in [-0.2, -0.15) is 4.98 Å². The molecule has 2 aromatic carbocycles. The fraction of sp³-hybridized carbons (Fsp3) is 0. The second kappa shape index (κ2) is 10.6. The summed E-state index contributed by atoms with van der Waals surface area (Å²) in [6.07, 6.45) is 1.45. The SMILES string of the molecule is O=C([O-])c1ccccc1Nc1ccnc(Nc2ccccc2C(=O)[O-])n1.[Li+].[Li+]. The molecule has 1 heterocycles. The molecule has 0 spiro atoms. The zero-order chi connectivity index (χ0) is 18.5. The molecule has 0 fully saturated rings. The number of anilines is 4. The standard InChI is InChI=1S/C18H14N4O4.2Li/c23-16(24)11-5-1-3-7-13(11)20-15-9-10-19-18(22-15)21-14-8-4-2-6-12(14)17(25)26;;/h1-10H,(H,23,24)(H,25,26)(H2,19,20,21,22);;/q;2*+1/p-2. The van der Waals surface area contributed by atoms with Crippen LogP contribution in [0.3, 0.4) is 0 Å². The summed E-state index contributed by atoms with van der Waals surface area (Å²) in [5, 5.41) is 28.0. The first-order valence-corrected chi connectivity index (χ1v) is 7.52. The summed E-state index contributed by atoms with van der Waals surface area (Å²) in [4.78, 5) is 30.6. The van der Waals surface area contributed by atoms with E-state index in [0.717, 1.165) is 0 Å². The summed E-state index contributed by atoms with van der Waals surface area (Å²) in [5.41, 5.74) is 0.548. The monoisotopic (exact) mass is 362 g/mol. The van der Waals surface area contributed by atoms with Gasteiger partial charge in [-0.3, -0.25) is 0 Å². The maximum atomic E-state index is 11.2. The van der Waals surface area contributed by atoms with Crippen LogP contribution >= 0.6 is 0 Å². The minimum absolute atomic E-state index is 0. The Bertz CT molecular complexity index is 910. The third-order valence-electron chi connectivity index (χ3n) is 3.46. The van der Waals surface area contributed by atoms with Crippen molar-refractivity contribution in [2.75, 3.05) is 10.6 Å². The van der Waals surface area contributed by atoms with Gasteiger partial charge in [0.2, 0.25) is 5.95 Å². The van der Waals surface area contributed by atoms with Gasteiger partial charge in [0.15, 0.2) is 0 Å². The van der Waals surface area contributed by atoms with Crippen molar-refractivity contribution >= 4 is 35.1 Å². The summed E-state index contributed by atoms with van der Waals surface area (Å²) in [5.74, 6) is -2.19. The number of aromatic carboxylic acids is 2. The van der Waals surface area contributed by atoms with E-state index in [-0.39, 0.29) is 60.5 Å². The molecule has 0 radical (unpaired) electrons. The Morgan fingerprint density at radius 2 is 1.25 bits per heavy atom. The second-order valence-electron chi connectivity index (χ2n) is 5.18. The van der Waals surface area contributed by atoms with Gasteiger partial charge in [0.1, 0.15) is 5.82 Å². The first-order valence-electron chi connectivity index (χ1n) is 7.52. The molecule has 10 heteroatoms. The van der Waals surface area contributed by atoms with Crippen LogP contribution in [0, 0.1) is 0 Å². The van der Waals surface area contributed by atoms with Crippen LogP contribution in [0.15, 0.2) is 60.8 Å². The molecular weight excluding hydrogens is 350 g/mol. The Balaban J connectivity index is 0.00000196. The molecule has 0 unspecified atom stereocenters. The Kier molecular flexibility index (Phi) is 8.78. The predicted octanol–water partition coefficient (Wildman–Crippen LogP) is -5.30. The number of carboxylic acids is 2. The van der Waals surface area contributed by atoms with Crippen molar-refractivity contribution in [3.63, 3.8) is 0 Å². The van der Waals surface area contributed by atoms with E-state index in [0.29, 0.717) is 11.5 Å². The molecule has 0 bridgehead atoms.